The zero-order valence-corrected chi connectivity index (χ0v) is 17.4. The second kappa shape index (κ2) is 7.45. The molecule has 0 aliphatic carbocycles. The molecule has 0 N–H and O–H groups in total. The molecular formula is C24H16O6S. The lowest BCUT2D eigenvalue weighted by atomic mass is 10.0. The van der Waals surface area contributed by atoms with Gasteiger partial charge in [-0.05, 0) is 36.8 Å². The maximum Gasteiger partial charge on any atom is 0.396 e. The molecule has 0 spiro atoms. The van der Waals surface area contributed by atoms with Crippen LogP contribution in [0.4, 0.5) is 0 Å². The van der Waals surface area contributed by atoms with Crippen molar-refractivity contribution in [3.63, 3.8) is 0 Å². The van der Waals surface area contributed by atoms with Gasteiger partial charge in [0.25, 0.3) is 0 Å². The second-order valence-corrected chi connectivity index (χ2v) is 7.90. The first-order chi connectivity index (χ1) is 15.0. The summed E-state index contributed by atoms with van der Waals surface area (Å²) in [5.74, 6) is 0.534. The summed E-state index contributed by atoms with van der Waals surface area (Å²) in [7, 11) is 1.59. The Balaban J connectivity index is 1.57. The van der Waals surface area contributed by atoms with Crippen LogP contribution in [0.25, 0.3) is 32.4 Å². The van der Waals surface area contributed by atoms with Crippen LogP contribution >= 0.6 is 11.3 Å². The Morgan fingerprint density at radius 3 is 2.48 bits per heavy atom. The Morgan fingerprint density at radius 2 is 1.74 bits per heavy atom. The second-order valence-electron chi connectivity index (χ2n) is 6.92. The van der Waals surface area contributed by atoms with Crippen LogP contribution in [-0.4, -0.2) is 13.1 Å². The highest BCUT2D eigenvalue weighted by atomic mass is 32.1. The molecule has 31 heavy (non-hydrogen) atoms. The number of esters is 1. The zero-order valence-electron chi connectivity index (χ0n) is 16.6. The number of aryl methyl sites for hydroxylation is 1. The Morgan fingerprint density at radius 1 is 0.968 bits per heavy atom. The van der Waals surface area contributed by atoms with Crippen molar-refractivity contribution in [1.29, 1.82) is 0 Å². The van der Waals surface area contributed by atoms with Crippen molar-refractivity contribution < 1.29 is 23.1 Å². The topological polar surface area (TPSA) is 78.9 Å². The normalized spacial score (nSPS) is 11.2. The lowest BCUT2D eigenvalue weighted by molar-refractivity contribution is 0.0703. The minimum atomic E-state index is -0.607. The quantitative estimate of drug-likeness (QED) is 0.264. The molecule has 0 saturated carbocycles. The first-order valence-electron chi connectivity index (χ1n) is 9.46. The maximum absolute atomic E-state index is 12.9. The predicted octanol–water partition coefficient (Wildman–Crippen LogP) is 5.80. The third-order valence-corrected chi connectivity index (χ3v) is 5.82. The van der Waals surface area contributed by atoms with Gasteiger partial charge in [0.2, 0.25) is 5.76 Å². The summed E-state index contributed by atoms with van der Waals surface area (Å²) in [4.78, 5) is 24.3. The molecule has 6 nitrogen and oxygen atoms in total. The van der Waals surface area contributed by atoms with Crippen LogP contribution in [0.2, 0.25) is 0 Å². The molecule has 5 aromatic rings. The van der Waals surface area contributed by atoms with Crippen LogP contribution in [0.3, 0.4) is 0 Å². The van der Waals surface area contributed by atoms with Gasteiger partial charge in [0.1, 0.15) is 17.1 Å². The number of ether oxygens (including phenoxy) is 2. The Bertz CT molecular complexity index is 1490. The van der Waals surface area contributed by atoms with E-state index >= 15 is 0 Å². The van der Waals surface area contributed by atoms with Crippen molar-refractivity contribution in [2.75, 3.05) is 7.11 Å². The SMILES string of the molecule is COc1ccc(-c2cc(OC(=O)c3oc4ccccc4c3C)cc3sc(=O)oc23)cc1. The predicted molar refractivity (Wildman–Crippen MR) is 118 cm³/mol. The van der Waals surface area contributed by atoms with E-state index in [0.29, 0.717) is 38.5 Å². The van der Waals surface area contributed by atoms with Gasteiger partial charge in [-0.15, -0.1) is 0 Å². The molecule has 5 rings (SSSR count). The number of methoxy groups -OCH3 is 1. The molecule has 154 valence electrons. The van der Waals surface area contributed by atoms with E-state index in [4.69, 9.17) is 18.3 Å². The summed E-state index contributed by atoms with van der Waals surface area (Å²) in [6.45, 7) is 1.82. The summed E-state index contributed by atoms with van der Waals surface area (Å²) in [5.41, 5.74) is 3.21. The van der Waals surface area contributed by atoms with Gasteiger partial charge in [0, 0.05) is 22.6 Å². The summed E-state index contributed by atoms with van der Waals surface area (Å²) >= 11 is 0.951. The fraction of sp³-hybridized carbons (Fsp3) is 0.0833. The standard InChI is InChI=1S/C24H16O6S/c1-13-17-5-3-4-6-19(17)29-21(13)23(25)28-16-11-18(14-7-9-15(27-2)10-8-14)22-20(12-16)31-24(26)30-22/h3-12H,1-2H3. The minimum absolute atomic E-state index is 0.146. The monoisotopic (exact) mass is 432 g/mol. The summed E-state index contributed by atoms with van der Waals surface area (Å²) < 4.78 is 22.5. The molecular weight excluding hydrogens is 416 g/mol. The molecule has 3 aromatic carbocycles. The van der Waals surface area contributed by atoms with Crippen LogP contribution in [0.5, 0.6) is 11.5 Å². The molecule has 0 aliphatic rings. The highest BCUT2D eigenvalue weighted by Crippen LogP contribution is 2.36. The van der Waals surface area contributed by atoms with Crippen LogP contribution in [0.15, 0.2) is 74.3 Å². The van der Waals surface area contributed by atoms with Gasteiger partial charge in [0.15, 0.2) is 5.58 Å². The third-order valence-electron chi connectivity index (χ3n) is 5.05. The molecule has 0 radical (unpaired) electrons. The van der Waals surface area contributed by atoms with Crippen LogP contribution < -0.4 is 14.4 Å². The van der Waals surface area contributed by atoms with Gasteiger partial charge in [-0.1, -0.05) is 41.7 Å². The molecule has 0 bridgehead atoms. The first kappa shape index (κ1) is 19.1. The number of rotatable bonds is 4. The highest BCUT2D eigenvalue weighted by Gasteiger charge is 2.21. The van der Waals surface area contributed by atoms with Gasteiger partial charge in [-0.2, -0.15) is 0 Å². The lowest BCUT2D eigenvalue weighted by Gasteiger charge is -2.08. The van der Waals surface area contributed by atoms with E-state index in [1.807, 2.05) is 49.4 Å². The van der Waals surface area contributed by atoms with E-state index in [0.717, 1.165) is 22.3 Å². The van der Waals surface area contributed by atoms with E-state index < -0.39 is 10.9 Å². The maximum atomic E-state index is 12.9. The summed E-state index contributed by atoms with van der Waals surface area (Å²) in [6, 6.07) is 18.0. The minimum Gasteiger partial charge on any atom is -0.497 e. The van der Waals surface area contributed by atoms with Gasteiger partial charge in [-0.3, -0.25) is 0 Å². The fourth-order valence-corrected chi connectivity index (χ4v) is 4.24. The van der Waals surface area contributed by atoms with Crippen molar-refractivity contribution >= 4 is 38.6 Å². The summed E-state index contributed by atoms with van der Waals surface area (Å²) in [6.07, 6.45) is 0. The van der Waals surface area contributed by atoms with E-state index in [2.05, 4.69) is 0 Å². The van der Waals surface area contributed by atoms with Crippen molar-refractivity contribution in [3.8, 4) is 22.6 Å². The lowest BCUT2D eigenvalue weighted by Crippen LogP contribution is -2.08. The number of benzene rings is 3. The molecule has 0 aliphatic heterocycles. The number of fused-ring (bicyclic) bond motifs is 2. The number of carbonyl (C=O) groups is 1. The smallest absolute Gasteiger partial charge is 0.396 e. The van der Waals surface area contributed by atoms with Crippen LogP contribution in [0, 0.1) is 6.92 Å². The molecule has 0 fully saturated rings. The molecule has 0 atom stereocenters. The molecule has 0 saturated heterocycles. The van der Waals surface area contributed by atoms with Crippen molar-refractivity contribution in [3.05, 3.63) is 81.7 Å². The van der Waals surface area contributed by atoms with Crippen LogP contribution in [-0.2, 0) is 0 Å². The number of carbonyl (C=O) groups excluding carboxylic acids is 1. The molecule has 2 heterocycles. The Kier molecular flexibility index (Phi) is 4.60. The third kappa shape index (κ3) is 3.39. The highest BCUT2D eigenvalue weighted by molar-refractivity contribution is 7.16. The van der Waals surface area contributed by atoms with Crippen molar-refractivity contribution in [2.24, 2.45) is 0 Å². The van der Waals surface area contributed by atoms with Gasteiger partial charge in [0.05, 0.1) is 11.8 Å². The molecule has 2 aromatic heterocycles. The summed E-state index contributed by atoms with van der Waals surface area (Å²) in [5, 5.41) is 0.858. The van der Waals surface area contributed by atoms with Crippen molar-refractivity contribution in [1.82, 2.24) is 0 Å². The Labute approximate surface area is 180 Å². The number of hydrogen-bond donors (Lipinski definition) is 0. The van der Waals surface area contributed by atoms with E-state index in [9.17, 15) is 9.59 Å². The van der Waals surface area contributed by atoms with Gasteiger partial charge >= 0.3 is 10.9 Å². The Hall–Kier alpha value is -3.84. The van der Waals surface area contributed by atoms with Crippen molar-refractivity contribution in [2.45, 2.75) is 6.92 Å². The van der Waals surface area contributed by atoms with Crippen LogP contribution in [0.1, 0.15) is 16.1 Å². The molecule has 7 heteroatoms. The van der Waals surface area contributed by atoms with E-state index in [-0.39, 0.29) is 5.76 Å². The van der Waals surface area contributed by atoms with Gasteiger partial charge in [-0.25, -0.2) is 9.59 Å². The largest absolute Gasteiger partial charge is 0.497 e. The number of para-hydroxylation sites is 1. The average Bonchev–Trinajstić information content (AvgIpc) is 3.32. The number of furan rings is 1. The average molecular weight is 432 g/mol. The van der Waals surface area contributed by atoms with E-state index in [1.54, 1.807) is 25.3 Å². The fourth-order valence-electron chi connectivity index (χ4n) is 3.52. The first-order valence-corrected chi connectivity index (χ1v) is 10.3. The molecule has 0 amide bonds. The molecule has 0 unspecified atom stereocenters. The zero-order chi connectivity index (χ0) is 21.5. The van der Waals surface area contributed by atoms with E-state index in [1.165, 1.54) is 0 Å². The van der Waals surface area contributed by atoms with Gasteiger partial charge < -0.3 is 18.3 Å². The number of hydrogen-bond acceptors (Lipinski definition) is 7.